The minimum absolute atomic E-state index is 0.0985. The van der Waals surface area contributed by atoms with E-state index in [0.717, 1.165) is 0 Å². The Hall–Kier alpha value is -2.78. The average Bonchev–Trinajstić information content (AvgIpc) is 2.52. The second kappa shape index (κ2) is 9.64. The van der Waals surface area contributed by atoms with Crippen LogP contribution in [0.5, 0.6) is 5.75 Å². The number of aliphatic hydroxyl groups excluding tert-OH is 1. The van der Waals surface area contributed by atoms with Crippen LogP contribution < -0.4 is 15.8 Å². The second-order valence-corrected chi connectivity index (χ2v) is 5.85. The largest absolute Gasteiger partial charge is 0.480 e. The monoisotopic (exact) mass is 366 g/mol. The van der Waals surface area contributed by atoms with Crippen molar-refractivity contribution in [3.05, 3.63) is 29.8 Å². The number of carboxylic acids is 1. The number of rotatable bonds is 9. The molecular formula is C17H22N2O7. The first-order valence-electron chi connectivity index (χ1n) is 7.83. The number of ether oxygens (including phenoxy) is 1. The SMILES string of the molecule is CC(=O)C[C@@H](O)[C@H](NC(=O)[C@@H](N)Cc1ccc(OC(C)=O)cc1)C(=O)O. The second-order valence-electron chi connectivity index (χ2n) is 5.85. The van der Waals surface area contributed by atoms with Gasteiger partial charge in [0.2, 0.25) is 5.91 Å². The molecule has 26 heavy (non-hydrogen) atoms. The van der Waals surface area contributed by atoms with E-state index in [9.17, 15) is 24.3 Å². The number of hydrogen-bond acceptors (Lipinski definition) is 7. The minimum Gasteiger partial charge on any atom is -0.480 e. The molecule has 0 aliphatic carbocycles. The molecule has 0 saturated carbocycles. The summed E-state index contributed by atoms with van der Waals surface area (Å²) in [5.74, 6) is -2.76. The van der Waals surface area contributed by atoms with Crippen LogP contribution in [0.25, 0.3) is 0 Å². The third-order valence-corrected chi connectivity index (χ3v) is 3.42. The first-order valence-corrected chi connectivity index (χ1v) is 7.83. The molecule has 1 rings (SSSR count). The summed E-state index contributed by atoms with van der Waals surface area (Å²) in [5.41, 5.74) is 6.45. The molecular weight excluding hydrogens is 344 g/mol. The van der Waals surface area contributed by atoms with Gasteiger partial charge in [-0.05, 0) is 31.0 Å². The number of carboxylic acid groups (broad SMARTS) is 1. The summed E-state index contributed by atoms with van der Waals surface area (Å²) in [7, 11) is 0. The Balaban J connectivity index is 2.69. The van der Waals surface area contributed by atoms with Crippen molar-refractivity contribution in [1.29, 1.82) is 0 Å². The first kappa shape index (κ1) is 21.3. The molecule has 9 heteroatoms. The molecule has 5 N–H and O–H groups in total. The summed E-state index contributed by atoms with van der Waals surface area (Å²) in [6, 6.07) is 3.61. The number of carbonyl (C=O) groups excluding carboxylic acids is 3. The molecule has 0 aliphatic rings. The molecule has 0 spiro atoms. The van der Waals surface area contributed by atoms with Gasteiger partial charge in [0.1, 0.15) is 11.5 Å². The van der Waals surface area contributed by atoms with Gasteiger partial charge < -0.3 is 26.0 Å². The van der Waals surface area contributed by atoms with Crippen LogP contribution in [0.1, 0.15) is 25.8 Å². The van der Waals surface area contributed by atoms with Crippen molar-refractivity contribution in [2.45, 2.75) is 44.9 Å². The van der Waals surface area contributed by atoms with Crippen LogP contribution in [0.15, 0.2) is 24.3 Å². The normalized spacial score (nSPS) is 14.0. The average molecular weight is 366 g/mol. The number of aliphatic hydroxyl groups is 1. The highest BCUT2D eigenvalue weighted by molar-refractivity contribution is 5.88. The maximum Gasteiger partial charge on any atom is 0.328 e. The van der Waals surface area contributed by atoms with Crippen LogP contribution in [0.3, 0.4) is 0 Å². The summed E-state index contributed by atoms with van der Waals surface area (Å²) in [6.07, 6.45) is -1.85. The number of Topliss-reactive ketones (excluding diaryl/α,β-unsaturated/α-hetero) is 1. The van der Waals surface area contributed by atoms with E-state index in [1.165, 1.54) is 26.0 Å². The number of benzene rings is 1. The van der Waals surface area contributed by atoms with Gasteiger partial charge in [0.15, 0.2) is 6.04 Å². The van der Waals surface area contributed by atoms with E-state index in [1.54, 1.807) is 12.1 Å². The Bertz CT molecular complexity index is 672. The molecule has 0 aromatic heterocycles. The number of esters is 1. The lowest BCUT2D eigenvalue weighted by Gasteiger charge is -2.21. The van der Waals surface area contributed by atoms with Crippen molar-refractivity contribution in [2.24, 2.45) is 5.73 Å². The van der Waals surface area contributed by atoms with Crippen molar-refractivity contribution in [3.63, 3.8) is 0 Å². The first-order chi connectivity index (χ1) is 12.1. The molecule has 1 amide bonds. The van der Waals surface area contributed by atoms with Crippen molar-refractivity contribution in [3.8, 4) is 5.75 Å². The molecule has 0 radical (unpaired) electrons. The third-order valence-electron chi connectivity index (χ3n) is 3.42. The molecule has 9 nitrogen and oxygen atoms in total. The van der Waals surface area contributed by atoms with Crippen molar-refractivity contribution < 1.29 is 34.1 Å². The van der Waals surface area contributed by atoms with Crippen LogP contribution in [0, 0.1) is 0 Å². The Morgan fingerprint density at radius 1 is 1.15 bits per heavy atom. The maximum absolute atomic E-state index is 12.1. The smallest absolute Gasteiger partial charge is 0.328 e. The number of nitrogens with two attached hydrogens (primary N) is 1. The highest BCUT2D eigenvalue weighted by Crippen LogP contribution is 2.13. The number of hydrogen-bond donors (Lipinski definition) is 4. The fourth-order valence-electron chi connectivity index (χ4n) is 2.20. The lowest BCUT2D eigenvalue weighted by atomic mass is 10.0. The van der Waals surface area contributed by atoms with E-state index in [0.29, 0.717) is 11.3 Å². The highest BCUT2D eigenvalue weighted by Gasteiger charge is 2.30. The maximum atomic E-state index is 12.1. The number of nitrogens with one attached hydrogen (secondary N) is 1. The number of carbonyl (C=O) groups is 4. The third kappa shape index (κ3) is 6.99. The molecule has 1 aromatic rings. The van der Waals surface area contributed by atoms with E-state index in [1.807, 2.05) is 0 Å². The Kier molecular flexibility index (Phi) is 7.88. The summed E-state index contributed by atoms with van der Waals surface area (Å²) >= 11 is 0. The van der Waals surface area contributed by atoms with E-state index in [-0.39, 0.29) is 6.42 Å². The summed E-state index contributed by atoms with van der Waals surface area (Å²) in [5, 5.41) is 21.0. The molecule has 142 valence electrons. The van der Waals surface area contributed by atoms with Crippen molar-refractivity contribution in [1.82, 2.24) is 5.32 Å². The topological polar surface area (TPSA) is 156 Å². The van der Waals surface area contributed by atoms with Gasteiger partial charge >= 0.3 is 11.9 Å². The fourth-order valence-corrected chi connectivity index (χ4v) is 2.20. The molecule has 0 bridgehead atoms. The summed E-state index contributed by atoms with van der Waals surface area (Å²) in [6.45, 7) is 2.47. The zero-order chi connectivity index (χ0) is 19.9. The lowest BCUT2D eigenvalue weighted by molar-refractivity contribution is -0.145. The van der Waals surface area contributed by atoms with Crippen LogP contribution in [0.2, 0.25) is 0 Å². The molecule has 1 aromatic carbocycles. The van der Waals surface area contributed by atoms with Crippen LogP contribution in [-0.4, -0.2) is 52.0 Å². The van der Waals surface area contributed by atoms with E-state index in [2.05, 4.69) is 5.32 Å². The Morgan fingerprint density at radius 3 is 2.19 bits per heavy atom. The predicted molar refractivity (Wildman–Crippen MR) is 90.3 cm³/mol. The van der Waals surface area contributed by atoms with Crippen LogP contribution >= 0.6 is 0 Å². The van der Waals surface area contributed by atoms with Gasteiger partial charge in [-0.15, -0.1) is 0 Å². The molecule has 0 saturated heterocycles. The summed E-state index contributed by atoms with van der Waals surface area (Å²) < 4.78 is 4.89. The van der Waals surface area contributed by atoms with E-state index in [4.69, 9.17) is 15.6 Å². The van der Waals surface area contributed by atoms with Crippen molar-refractivity contribution >= 4 is 23.6 Å². The molecule has 0 aliphatic heterocycles. The highest BCUT2D eigenvalue weighted by atomic mass is 16.5. The molecule has 0 unspecified atom stereocenters. The Labute approximate surface area is 150 Å². The van der Waals surface area contributed by atoms with E-state index >= 15 is 0 Å². The Morgan fingerprint density at radius 2 is 1.73 bits per heavy atom. The quantitative estimate of drug-likeness (QED) is 0.333. The number of aliphatic carboxylic acids is 1. The van der Waals surface area contributed by atoms with Gasteiger partial charge in [-0.3, -0.25) is 14.4 Å². The molecule has 3 atom stereocenters. The minimum atomic E-state index is -1.64. The molecule has 0 heterocycles. The van der Waals surface area contributed by atoms with Crippen molar-refractivity contribution in [2.75, 3.05) is 0 Å². The summed E-state index contributed by atoms with van der Waals surface area (Å²) in [4.78, 5) is 45.2. The van der Waals surface area contributed by atoms with E-state index < -0.39 is 48.2 Å². The van der Waals surface area contributed by atoms with Crippen LogP contribution in [-0.2, 0) is 25.6 Å². The standard InChI is InChI=1S/C17H22N2O7/c1-9(20)7-14(22)15(17(24)25)19-16(23)13(18)8-11-3-5-12(6-4-11)26-10(2)21/h3-6,13-15,22H,7-8,18H2,1-2H3,(H,19,23)(H,24,25)/t13-,14+,15-/m0/s1. The van der Waals surface area contributed by atoms with Gasteiger partial charge in [0.05, 0.1) is 12.1 Å². The molecule has 0 fully saturated rings. The lowest BCUT2D eigenvalue weighted by Crippen LogP contribution is -2.54. The van der Waals surface area contributed by atoms with Crippen LogP contribution in [0.4, 0.5) is 0 Å². The number of amides is 1. The van der Waals surface area contributed by atoms with Gasteiger partial charge in [0.25, 0.3) is 0 Å². The predicted octanol–water partition coefficient (Wildman–Crippen LogP) is -0.609. The fraction of sp³-hybridized carbons (Fsp3) is 0.412. The zero-order valence-corrected chi connectivity index (χ0v) is 14.5. The van der Waals surface area contributed by atoms with Gasteiger partial charge in [-0.2, -0.15) is 0 Å². The van der Waals surface area contributed by atoms with Gasteiger partial charge in [-0.25, -0.2) is 4.79 Å². The number of ketones is 1. The van der Waals surface area contributed by atoms with Gasteiger partial charge in [0, 0.05) is 13.3 Å². The zero-order valence-electron chi connectivity index (χ0n) is 14.5. The van der Waals surface area contributed by atoms with Gasteiger partial charge in [-0.1, -0.05) is 12.1 Å².